The summed E-state index contributed by atoms with van der Waals surface area (Å²) in [7, 11) is 0. The van der Waals surface area contributed by atoms with Crippen LogP contribution in [0.1, 0.15) is 29.5 Å². The highest BCUT2D eigenvalue weighted by atomic mass is 15.2. The molecule has 3 nitrogen and oxygen atoms in total. The highest BCUT2D eigenvalue weighted by Gasteiger charge is 2.29. The molecule has 0 atom stereocenters. The van der Waals surface area contributed by atoms with Crippen LogP contribution in [-0.4, -0.2) is 30.6 Å². The lowest BCUT2D eigenvalue weighted by Gasteiger charge is -2.38. The molecule has 2 N–H and O–H groups in total. The average molecular weight is 321 g/mol. The molecule has 2 aliphatic heterocycles. The van der Waals surface area contributed by atoms with Crippen molar-refractivity contribution in [2.75, 3.05) is 24.5 Å². The van der Waals surface area contributed by atoms with Gasteiger partial charge < -0.3 is 10.6 Å². The maximum absolute atomic E-state index is 5.83. The van der Waals surface area contributed by atoms with Gasteiger partial charge >= 0.3 is 0 Å². The van der Waals surface area contributed by atoms with E-state index >= 15 is 0 Å². The third-order valence-corrected chi connectivity index (χ3v) is 5.56. The Morgan fingerprint density at radius 2 is 1.71 bits per heavy atom. The van der Waals surface area contributed by atoms with E-state index in [-0.39, 0.29) is 0 Å². The third-order valence-electron chi connectivity index (χ3n) is 5.56. The van der Waals surface area contributed by atoms with Crippen LogP contribution < -0.4 is 10.6 Å². The van der Waals surface area contributed by atoms with E-state index in [1.165, 1.54) is 61.3 Å². The van der Waals surface area contributed by atoms with Crippen molar-refractivity contribution < 1.29 is 0 Å². The van der Waals surface area contributed by atoms with Crippen molar-refractivity contribution in [2.45, 2.75) is 38.4 Å². The third kappa shape index (κ3) is 3.19. The largest absolute Gasteiger partial charge is 0.368 e. The Labute approximate surface area is 145 Å². The van der Waals surface area contributed by atoms with E-state index in [0.29, 0.717) is 12.6 Å². The molecule has 126 valence electrons. The Kier molecular flexibility index (Phi) is 4.54. The van der Waals surface area contributed by atoms with Crippen LogP contribution in [0, 0.1) is 0 Å². The topological polar surface area (TPSA) is 32.5 Å². The van der Waals surface area contributed by atoms with Gasteiger partial charge in [0, 0.05) is 44.5 Å². The summed E-state index contributed by atoms with van der Waals surface area (Å²) in [5.41, 5.74) is 11.5. The van der Waals surface area contributed by atoms with E-state index in [0.717, 1.165) is 6.54 Å². The molecule has 1 fully saturated rings. The molecule has 4 rings (SSSR count). The summed E-state index contributed by atoms with van der Waals surface area (Å²) in [4.78, 5) is 5.24. The van der Waals surface area contributed by atoms with E-state index in [2.05, 4.69) is 58.3 Å². The SMILES string of the molecule is NCc1ccc2c(c1)N(C1CCN(Cc3ccccc3)CC1)CC2. The van der Waals surface area contributed by atoms with Gasteiger partial charge in [-0.25, -0.2) is 0 Å². The van der Waals surface area contributed by atoms with Crippen LogP contribution in [0.5, 0.6) is 0 Å². The summed E-state index contributed by atoms with van der Waals surface area (Å²) in [5.74, 6) is 0. The van der Waals surface area contributed by atoms with Crippen LogP contribution in [0.15, 0.2) is 48.5 Å². The number of rotatable bonds is 4. The second kappa shape index (κ2) is 6.96. The number of anilines is 1. The smallest absolute Gasteiger partial charge is 0.0405 e. The summed E-state index contributed by atoms with van der Waals surface area (Å²) in [6.07, 6.45) is 3.71. The van der Waals surface area contributed by atoms with Crippen molar-refractivity contribution in [3.63, 3.8) is 0 Å². The highest BCUT2D eigenvalue weighted by Crippen LogP contribution is 2.33. The molecule has 2 aromatic rings. The Morgan fingerprint density at radius 1 is 0.917 bits per heavy atom. The predicted molar refractivity (Wildman–Crippen MR) is 100 cm³/mol. The predicted octanol–water partition coefficient (Wildman–Crippen LogP) is 3.17. The van der Waals surface area contributed by atoms with Crippen molar-refractivity contribution in [2.24, 2.45) is 5.73 Å². The van der Waals surface area contributed by atoms with Gasteiger partial charge in [0.2, 0.25) is 0 Å². The summed E-state index contributed by atoms with van der Waals surface area (Å²) < 4.78 is 0. The zero-order chi connectivity index (χ0) is 16.4. The number of hydrogen-bond donors (Lipinski definition) is 1. The zero-order valence-electron chi connectivity index (χ0n) is 14.3. The maximum Gasteiger partial charge on any atom is 0.0405 e. The van der Waals surface area contributed by atoms with E-state index in [4.69, 9.17) is 5.73 Å². The van der Waals surface area contributed by atoms with Gasteiger partial charge in [-0.1, -0.05) is 42.5 Å². The van der Waals surface area contributed by atoms with Gasteiger partial charge in [-0.15, -0.1) is 0 Å². The lowest BCUT2D eigenvalue weighted by Crippen LogP contribution is -2.44. The van der Waals surface area contributed by atoms with Crippen LogP contribution in [0.2, 0.25) is 0 Å². The molecule has 0 saturated carbocycles. The van der Waals surface area contributed by atoms with E-state index < -0.39 is 0 Å². The number of nitrogens with two attached hydrogens (primary N) is 1. The van der Waals surface area contributed by atoms with Crippen molar-refractivity contribution in [3.8, 4) is 0 Å². The second-order valence-corrected chi connectivity index (χ2v) is 7.10. The molecular weight excluding hydrogens is 294 g/mol. The van der Waals surface area contributed by atoms with Crippen molar-refractivity contribution in [1.82, 2.24) is 4.90 Å². The number of benzene rings is 2. The summed E-state index contributed by atoms with van der Waals surface area (Å²) in [5, 5.41) is 0. The fraction of sp³-hybridized carbons (Fsp3) is 0.429. The molecule has 0 unspecified atom stereocenters. The maximum atomic E-state index is 5.83. The molecule has 1 saturated heterocycles. The molecule has 0 aromatic heterocycles. The standard InChI is InChI=1S/C21H27N3/c22-15-18-6-7-19-8-13-24(21(19)14-18)20-9-11-23(12-10-20)16-17-4-2-1-3-5-17/h1-7,14,20H,8-13,15-16,22H2. The zero-order valence-corrected chi connectivity index (χ0v) is 14.3. The monoisotopic (exact) mass is 321 g/mol. The first-order valence-corrected chi connectivity index (χ1v) is 9.18. The molecule has 2 aromatic carbocycles. The number of fused-ring (bicyclic) bond motifs is 1. The van der Waals surface area contributed by atoms with Crippen LogP contribution in [0.3, 0.4) is 0 Å². The molecule has 0 aliphatic carbocycles. The van der Waals surface area contributed by atoms with Crippen LogP contribution >= 0.6 is 0 Å². The van der Waals surface area contributed by atoms with Crippen LogP contribution in [0.4, 0.5) is 5.69 Å². The van der Waals surface area contributed by atoms with Crippen molar-refractivity contribution in [3.05, 3.63) is 65.2 Å². The van der Waals surface area contributed by atoms with Crippen molar-refractivity contribution in [1.29, 1.82) is 0 Å². The molecule has 0 amide bonds. The molecule has 0 radical (unpaired) electrons. The molecule has 3 heteroatoms. The summed E-state index contributed by atoms with van der Waals surface area (Å²) in [6, 6.07) is 18.3. The molecule has 24 heavy (non-hydrogen) atoms. The first kappa shape index (κ1) is 15.7. The average Bonchev–Trinajstić information content (AvgIpc) is 3.06. The van der Waals surface area contributed by atoms with Gasteiger partial charge in [0.05, 0.1) is 0 Å². The van der Waals surface area contributed by atoms with Crippen LogP contribution in [-0.2, 0) is 19.5 Å². The number of piperidine rings is 1. The quantitative estimate of drug-likeness (QED) is 0.939. The van der Waals surface area contributed by atoms with Gasteiger partial charge in [-0.2, -0.15) is 0 Å². The Balaban J connectivity index is 1.39. The first-order chi connectivity index (χ1) is 11.8. The second-order valence-electron chi connectivity index (χ2n) is 7.10. The van der Waals surface area contributed by atoms with E-state index in [1.54, 1.807) is 0 Å². The minimum Gasteiger partial charge on any atom is -0.368 e. The fourth-order valence-electron chi connectivity index (χ4n) is 4.19. The number of nitrogens with zero attached hydrogens (tertiary/aromatic N) is 2. The van der Waals surface area contributed by atoms with E-state index in [9.17, 15) is 0 Å². The van der Waals surface area contributed by atoms with E-state index in [1.807, 2.05) is 0 Å². The minimum atomic E-state index is 0.636. The van der Waals surface area contributed by atoms with Gasteiger partial charge in [0.15, 0.2) is 0 Å². The Morgan fingerprint density at radius 3 is 2.46 bits per heavy atom. The molecule has 2 heterocycles. The van der Waals surface area contributed by atoms with Gasteiger partial charge in [-0.05, 0) is 42.0 Å². The number of hydrogen-bond acceptors (Lipinski definition) is 3. The highest BCUT2D eigenvalue weighted by molar-refractivity contribution is 5.60. The van der Waals surface area contributed by atoms with Crippen LogP contribution in [0.25, 0.3) is 0 Å². The summed E-state index contributed by atoms with van der Waals surface area (Å²) >= 11 is 0. The molecular formula is C21H27N3. The molecule has 0 spiro atoms. The Bertz CT molecular complexity index is 675. The van der Waals surface area contributed by atoms with Gasteiger partial charge in [0.1, 0.15) is 0 Å². The summed E-state index contributed by atoms with van der Waals surface area (Å²) in [6.45, 7) is 5.29. The first-order valence-electron chi connectivity index (χ1n) is 9.18. The normalized spacial score (nSPS) is 18.8. The minimum absolute atomic E-state index is 0.636. The lowest BCUT2D eigenvalue weighted by atomic mass is 10.0. The molecule has 0 bridgehead atoms. The van der Waals surface area contributed by atoms with Gasteiger partial charge in [-0.3, -0.25) is 4.90 Å². The molecule has 2 aliphatic rings. The Hall–Kier alpha value is -1.84. The van der Waals surface area contributed by atoms with Gasteiger partial charge in [0.25, 0.3) is 0 Å². The van der Waals surface area contributed by atoms with Crippen molar-refractivity contribution >= 4 is 5.69 Å². The fourth-order valence-corrected chi connectivity index (χ4v) is 4.19. The lowest BCUT2D eigenvalue weighted by molar-refractivity contribution is 0.202. The number of likely N-dealkylation sites (tertiary alicyclic amines) is 1.